The Morgan fingerprint density at radius 1 is 1.47 bits per heavy atom. The third-order valence-electron chi connectivity index (χ3n) is 2.92. The molecule has 2 rings (SSSR count). The standard InChI is InChI=1S/C13H16FN3/c1-3-12(15)13-7-16-8-17(13)10-5-4-9(2)11(14)6-10/h4-8,12H,3,15H2,1-2H3/t12-/m1/s1. The number of aromatic nitrogens is 2. The minimum Gasteiger partial charge on any atom is -0.323 e. The maximum absolute atomic E-state index is 13.5. The zero-order chi connectivity index (χ0) is 12.4. The van der Waals surface area contributed by atoms with E-state index in [-0.39, 0.29) is 11.9 Å². The van der Waals surface area contributed by atoms with Crippen molar-refractivity contribution in [3.63, 3.8) is 0 Å². The molecule has 1 aromatic carbocycles. The molecular formula is C13H16FN3. The summed E-state index contributed by atoms with van der Waals surface area (Å²) in [6, 6.07) is 5.04. The minimum absolute atomic E-state index is 0.0816. The van der Waals surface area contributed by atoms with Gasteiger partial charge in [-0.05, 0) is 31.0 Å². The van der Waals surface area contributed by atoms with Crippen molar-refractivity contribution in [3.8, 4) is 5.69 Å². The molecule has 90 valence electrons. The zero-order valence-corrected chi connectivity index (χ0v) is 10.0. The van der Waals surface area contributed by atoms with Crippen LogP contribution in [-0.4, -0.2) is 9.55 Å². The van der Waals surface area contributed by atoms with E-state index >= 15 is 0 Å². The summed E-state index contributed by atoms with van der Waals surface area (Å²) in [5, 5.41) is 0. The number of rotatable bonds is 3. The molecule has 0 unspecified atom stereocenters. The van der Waals surface area contributed by atoms with Gasteiger partial charge in [-0.3, -0.25) is 0 Å². The van der Waals surface area contributed by atoms with Gasteiger partial charge in [0, 0.05) is 11.7 Å². The molecule has 0 amide bonds. The molecule has 1 heterocycles. The largest absolute Gasteiger partial charge is 0.323 e. The average molecular weight is 233 g/mol. The molecule has 0 radical (unpaired) electrons. The zero-order valence-electron chi connectivity index (χ0n) is 10.0. The fraction of sp³-hybridized carbons (Fsp3) is 0.308. The smallest absolute Gasteiger partial charge is 0.128 e. The van der Waals surface area contributed by atoms with Crippen LogP contribution in [0.2, 0.25) is 0 Å². The number of hydrogen-bond donors (Lipinski definition) is 1. The number of imidazole rings is 1. The Labute approximate surface area is 100 Å². The molecule has 0 fully saturated rings. The molecule has 2 N–H and O–H groups in total. The summed E-state index contributed by atoms with van der Waals surface area (Å²) >= 11 is 0. The van der Waals surface area contributed by atoms with Crippen molar-refractivity contribution < 1.29 is 4.39 Å². The number of nitrogens with two attached hydrogens (primary N) is 1. The monoisotopic (exact) mass is 233 g/mol. The van der Waals surface area contributed by atoms with Crippen molar-refractivity contribution in [2.75, 3.05) is 0 Å². The van der Waals surface area contributed by atoms with Crippen LogP contribution < -0.4 is 5.73 Å². The van der Waals surface area contributed by atoms with Crippen LogP contribution in [0.25, 0.3) is 5.69 Å². The summed E-state index contributed by atoms with van der Waals surface area (Å²) in [7, 11) is 0. The summed E-state index contributed by atoms with van der Waals surface area (Å²) in [5.41, 5.74) is 8.28. The van der Waals surface area contributed by atoms with Gasteiger partial charge in [0.1, 0.15) is 5.82 Å². The first-order valence-corrected chi connectivity index (χ1v) is 5.67. The van der Waals surface area contributed by atoms with Gasteiger partial charge in [0.25, 0.3) is 0 Å². The second-order valence-corrected chi connectivity index (χ2v) is 4.14. The van der Waals surface area contributed by atoms with E-state index in [2.05, 4.69) is 4.98 Å². The predicted octanol–water partition coefficient (Wildman–Crippen LogP) is 2.73. The van der Waals surface area contributed by atoms with Crippen molar-refractivity contribution in [1.29, 1.82) is 0 Å². The van der Waals surface area contributed by atoms with Crippen molar-refractivity contribution in [3.05, 3.63) is 47.8 Å². The maximum atomic E-state index is 13.5. The highest BCUT2D eigenvalue weighted by atomic mass is 19.1. The van der Waals surface area contributed by atoms with Crippen molar-refractivity contribution in [2.24, 2.45) is 5.73 Å². The molecule has 1 aromatic heterocycles. The summed E-state index contributed by atoms with van der Waals surface area (Å²) < 4.78 is 15.4. The summed E-state index contributed by atoms with van der Waals surface area (Å²) in [4.78, 5) is 4.08. The van der Waals surface area contributed by atoms with E-state index in [1.807, 2.05) is 17.6 Å². The predicted molar refractivity (Wildman–Crippen MR) is 65.5 cm³/mol. The van der Waals surface area contributed by atoms with Gasteiger partial charge in [-0.1, -0.05) is 13.0 Å². The van der Waals surface area contributed by atoms with Gasteiger partial charge in [-0.2, -0.15) is 0 Å². The second-order valence-electron chi connectivity index (χ2n) is 4.14. The van der Waals surface area contributed by atoms with Gasteiger partial charge in [0.05, 0.1) is 18.2 Å². The Balaban J connectivity index is 2.46. The first-order valence-electron chi connectivity index (χ1n) is 5.67. The molecule has 17 heavy (non-hydrogen) atoms. The first kappa shape index (κ1) is 11.8. The molecule has 3 nitrogen and oxygen atoms in total. The Bertz CT molecular complexity index is 519. The highest BCUT2D eigenvalue weighted by Gasteiger charge is 2.11. The highest BCUT2D eigenvalue weighted by molar-refractivity contribution is 5.37. The van der Waals surface area contributed by atoms with E-state index in [0.717, 1.165) is 17.8 Å². The Hall–Kier alpha value is -1.68. The van der Waals surface area contributed by atoms with Crippen LogP contribution in [0.15, 0.2) is 30.7 Å². The third kappa shape index (κ3) is 2.22. The molecule has 0 saturated carbocycles. The fourth-order valence-electron chi connectivity index (χ4n) is 1.74. The molecule has 1 atom stereocenters. The van der Waals surface area contributed by atoms with Gasteiger partial charge < -0.3 is 10.3 Å². The van der Waals surface area contributed by atoms with Crippen LogP contribution in [0.4, 0.5) is 4.39 Å². The van der Waals surface area contributed by atoms with E-state index < -0.39 is 0 Å². The molecule has 0 aliphatic carbocycles. The maximum Gasteiger partial charge on any atom is 0.128 e. The molecule has 0 saturated heterocycles. The number of halogens is 1. The van der Waals surface area contributed by atoms with Gasteiger partial charge >= 0.3 is 0 Å². The molecule has 0 spiro atoms. The molecule has 0 bridgehead atoms. The van der Waals surface area contributed by atoms with Crippen LogP contribution in [0.1, 0.15) is 30.6 Å². The van der Waals surface area contributed by atoms with Gasteiger partial charge in [-0.15, -0.1) is 0 Å². The quantitative estimate of drug-likeness (QED) is 0.885. The molecule has 0 aliphatic rings. The second kappa shape index (κ2) is 4.67. The summed E-state index contributed by atoms with van der Waals surface area (Å²) in [6.07, 6.45) is 4.21. The lowest BCUT2D eigenvalue weighted by Crippen LogP contribution is -2.13. The van der Waals surface area contributed by atoms with Crippen LogP contribution in [0.3, 0.4) is 0 Å². The van der Waals surface area contributed by atoms with Crippen molar-refractivity contribution >= 4 is 0 Å². The lowest BCUT2D eigenvalue weighted by molar-refractivity contribution is 0.615. The fourth-order valence-corrected chi connectivity index (χ4v) is 1.74. The van der Waals surface area contributed by atoms with Crippen molar-refractivity contribution in [2.45, 2.75) is 26.3 Å². The SMILES string of the molecule is CC[C@@H](N)c1cncn1-c1ccc(C)c(F)c1. The Morgan fingerprint density at radius 3 is 2.88 bits per heavy atom. The van der Waals surface area contributed by atoms with E-state index in [9.17, 15) is 4.39 Å². The van der Waals surface area contributed by atoms with Crippen LogP contribution in [-0.2, 0) is 0 Å². The van der Waals surface area contributed by atoms with Gasteiger partial charge in [0.15, 0.2) is 0 Å². The van der Waals surface area contributed by atoms with Crippen LogP contribution in [0.5, 0.6) is 0 Å². The minimum atomic E-state index is -0.216. The van der Waals surface area contributed by atoms with E-state index in [0.29, 0.717) is 5.56 Å². The number of aryl methyl sites for hydroxylation is 1. The van der Waals surface area contributed by atoms with Crippen LogP contribution in [0, 0.1) is 12.7 Å². The highest BCUT2D eigenvalue weighted by Crippen LogP contribution is 2.19. The van der Waals surface area contributed by atoms with Crippen molar-refractivity contribution in [1.82, 2.24) is 9.55 Å². The van der Waals surface area contributed by atoms with E-state index in [1.54, 1.807) is 25.5 Å². The molecular weight excluding hydrogens is 217 g/mol. The normalized spacial score (nSPS) is 12.7. The lowest BCUT2D eigenvalue weighted by Gasteiger charge is -2.13. The summed E-state index contributed by atoms with van der Waals surface area (Å²) in [6.45, 7) is 3.75. The number of hydrogen-bond acceptors (Lipinski definition) is 2. The third-order valence-corrected chi connectivity index (χ3v) is 2.92. The van der Waals surface area contributed by atoms with Gasteiger partial charge in [-0.25, -0.2) is 9.37 Å². The molecule has 4 heteroatoms. The molecule has 0 aliphatic heterocycles. The Morgan fingerprint density at radius 2 is 2.24 bits per heavy atom. The molecule has 2 aromatic rings. The summed E-state index contributed by atoms with van der Waals surface area (Å²) in [5.74, 6) is -0.216. The average Bonchev–Trinajstić information content (AvgIpc) is 2.80. The van der Waals surface area contributed by atoms with Crippen LogP contribution >= 0.6 is 0 Å². The first-order chi connectivity index (χ1) is 8.13. The topological polar surface area (TPSA) is 43.8 Å². The van der Waals surface area contributed by atoms with Gasteiger partial charge in [0.2, 0.25) is 0 Å². The Kier molecular flexibility index (Phi) is 3.24. The lowest BCUT2D eigenvalue weighted by atomic mass is 10.1. The van der Waals surface area contributed by atoms with E-state index in [4.69, 9.17) is 5.73 Å². The number of benzene rings is 1. The van der Waals surface area contributed by atoms with E-state index in [1.165, 1.54) is 6.07 Å². The number of nitrogens with zero attached hydrogens (tertiary/aromatic N) is 2.